The Kier molecular flexibility index (Phi) is 14.4. The van der Waals surface area contributed by atoms with Crippen molar-refractivity contribution >= 4 is 19.8 Å². The average Bonchev–Trinajstić information content (AvgIpc) is 2.78. The molecule has 0 bridgehead atoms. The van der Waals surface area contributed by atoms with Crippen LogP contribution in [-0.4, -0.2) is 87.1 Å². The fourth-order valence-corrected chi connectivity index (χ4v) is 4.28. The van der Waals surface area contributed by atoms with Crippen molar-refractivity contribution in [3.63, 3.8) is 0 Å². The first-order valence-electron chi connectivity index (χ1n) is 11.7. The van der Waals surface area contributed by atoms with E-state index in [2.05, 4.69) is 0 Å². The fraction of sp³-hybridized carbons (Fsp3) is 0.905. The summed E-state index contributed by atoms with van der Waals surface area (Å²) >= 11 is 0. The van der Waals surface area contributed by atoms with Gasteiger partial charge in [0.25, 0.3) is 0 Å². The summed E-state index contributed by atoms with van der Waals surface area (Å²) in [4.78, 5) is 34.0. The largest absolute Gasteiger partial charge is 0.472 e. The summed E-state index contributed by atoms with van der Waals surface area (Å²) in [5, 5.41) is 39.0. The number of phosphoric ester groups is 1. The van der Waals surface area contributed by atoms with Crippen molar-refractivity contribution < 1.29 is 58.0 Å². The molecule has 13 heteroatoms. The topological polar surface area (TPSA) is 189 Å². The van der Waals surface area contributed by atoms with Gasteiger partial charge in [0.2, 0.25) is 0 Å². The monoisotopic (exact) mass is 514 g/mol. The van der Waals surface area contributed by atoms with Crippen LogP contribution in [0.15, 0.2) is 0 Å². The molecule has 0 radical (unpaired) electrons. The van der Waals surface area contributed by atoms with Crippen LogP contribution in [0.5, 0.6) is 0 Å². The zero-order valence-electron chi connectivity index (χ0n) is 19.8. The first-order valence-corrected chi connectivity index (χ1v) is 13.2. The van der Waals surface area contributed by atoms with Gasteiger partial charge in [-0.15, -0.1) is 0 Å². The van der Waals surface area contributed by atoms with Gasteiger partial charge in [0, 0.05) is 19.3 Å². The van der Waals surface area contributed by atoms with Crippen molar-refractivity contribution in [2.45, 2.75) is 108 Å². The molecule has 12 nitrogen and oxygen atoms in total. The van der Waals surface area contributed by atoms with E-state index in [1.54, 1.807) is 0 Å². The molecule has 0 aliphatic heterocycles. The Hall–Kier alpha value is -1.11. The van der Waals surface area contributed by atoms with Gasteiger partial charge >= 0.3 is 19.8 Å². The highest BCUT2D eigenvalue weighted by Gasteiger charge is 2.45. The maximum absolute atomic E-state index is 12.4. The van der Waals surface area contributed by atoms with E-state index >= 15 is 0 Å². The molecule has 0 heterocycles. The predicted molar refractivity (Wildman–Crippen MR) is 118 cm³/mol. The number of ether oxygens (including phenoxy) is 2. The number of carbonyl (C=O) groups is 2. The first-order chi connectivity index (χ1) is 16.0. The first kappa shape index (κ1) is 30.9. The Morgan fingerprint density at radius 1 is 0.882 bits per heavy atom. The van der Waals surface area contributed by atoms with Gasteiger partial charge in [-0.3, -0.25) is 18.6 Å². The molecule has 1 fully saturated rings. The molecule has 0 amide bonds. The van der Waals surface area contributed by atoms with Crippen molar-refractivity contribution in [1.29, 1.82) is 0 Å². The number of aliphatic hydroxyl groups excluding tert-OH is 4. The Morgan fingerprint density at radius 2 is 1.47 bits per heavy atom. The van der Waals surface area contributed by atoms with Crippen LogP contribution in [0.4, 0.5) is 0 Å². The fourth-order valence-electron chi connectivity index (χ4n) is 3.31. The van der Waals surface area contributed by atoms with E-state index in [1.165, 1.54) is 0 Å². The number of esters is 2. The normalized spacial score (nSPS) is 27.6. The van der Waals surface area contributed by atoms with E-state index in [-0.39, 0.29) is 19.4 Å². The van der Waals surface area contributed by atoms with Gasteiger partial charge in [-0.25, -0.2) is 4.57 Å². The minimum atomic E-state index is -4.86. The number of rotatable bonds is 16. The summed E-state index contributed by atoms with van der Waals surface area (Å²) < 4.78 is 32.5. The van der Waals surface area contributed by atoms with Crippen molar-refractivity contribution in [3.8, 4) is 0 Å². The third-order valence-corrected chi connectivity index (χ3v) is 6.35. The number of hydrogen-bond donors (Lipinski definition) is 5. The number of hydrogen-bond acceptors (Lipinski definition) is 11. The highest BCUT2D eigenvalue weighted by Crippen LogP contribution is 2.47. The van der Waals surface area contributed by atoms with Gasteiger partial charge in [0.15, 0.2) is 6.10 Å². The number of carbonyl (C=O) groups excluding carboxylic acids is 2. The lowest BCUT2D eigenvalue weighted by atomic mass is 9.87. The van der Waals surface area contributed by atoms with Gasteiger partial charge in [-0.1, -0.05) is 39.5 Å². The van der Waals surface area contributed by atoms with Gasteiger partial charge in [-0.2, -0.15) is 0 Å². The molecule has 0 spiro atoms. The smallest absolute Gasteiger partial charge is 0.462 e. The minimum Gasteiger partial charge on any atom is -0.462 e. The Morgan fingerprint density at radius 3 is 2.06 bits per heavy atom. The number of phosphoric acid groups is 1. The molecular formula is C21H39O12P. The van der Waals surface area contributed by atoms with E-state index in [0.29, 0.717) is 12.8 Å². The Bertz CT molecular complexity index is 660. The molecule has 1 aliphatic carbocycles. The highest BCUT2D eigenvalue weighted by atomic mass is 31.2. The molecule has 1 rings (SSSR count). The zero-order chi connectivity index (χ0) is 25.7. The van der Waals surface area contributed by atoms with Crippen LogP contribution >= 0.6 is 7.82 Å². The average molecular weight is 515 g/mol. The van der Waals surface area contributed by atoms with Crippen molar-refractivity contribution in [1.82, 2.24) is 0 Å². The predicted octanol–water partition coefficient (Wildman–Crippen LogP) is 0.951. The Balaban J connectivity index is 2.67. The molecule has 1 aliphatic rings. The number of aliphatic hydroxyl groups is 4. The van der Waals surface area contributed by atoms with Crippen LogP contribution in [-0.2, 0) is 32.7 Å². The molecular weight excluding hydrogens is 475 g/mol. The van der Waals surface area contributed by atoms with Crippen LogP contribution in [0.2, 0.25) is 0 Å². The molecule has 0 aromatic rings. The molecule has 0 aromatic carbocycles. The molecule has 0 aromatic heterocycles. The maximum Gasteiger partial charge on any atom is 0.472 e. The van der Waals surface area contributed by atoms with Crippen LogP contribution in [0.25, 0.3) is 0 Å². The third kappa shape index (κ3) is 11.5. The third-order valence-electron chi connectivity index (χ3n) is 5.34. The molecule has 5 N–H and O–H groups in total. The molecule has 0 saturated heterocycles. The second kappa shape index (κ2) is 15.8. The van der Waals surface area contributed by atoms with Crippen LogP contribution in [0.3, 0.4) is 0 Å². The summed E-state index contributed by atoms with van der Waals surface area (Å²) in [7, 11) is -4.86. The van der Waals surface area contributed by atoms with E-state index in [9.17, 15) is 39.5 Å². The molecule has 1 saturated carbocycles. The van der Waals surface area contributed by atoms with Gasteiger partial charge < -0.3 is 34.8 Å². The van der Waals surface area contributed by atoms with E-state index in [0.717, 1.165) is 25.7 Å². The summed E-state index contributed by atoms with van der Waals surface area (Å²) in [6, 6.07) is 0. The van der Waals surface area contributed by atoms with Crippen molar-refractivity contribution in [3.05, 3.63) is 0 Å². The summed E-state index contributed by atoms with van der Waals surface area (Å²) in [5.74, 6) is -1.09. The summed E-state index contributed by atoms with van der Waals surface area (Å²) in [6.45, 7) is 2.93. The van der Waals surface area contributed by atoms with Gasteiger partial charge in [0.05, 0.1) is 12.7 Å². The lowest BCUT2D eigenvalue weighted by Crippen LogP contribution is -2.56. The summed E-state index contributed by atoms with van der Waals surface area (Å²) in [6.07, 6.45) is -4.76. The van der Waals surface area contributed by atoms with Gasteiger partial charge in [0.1, 0.15) is 31.0 Å². The zero-order valence-corrected chi connectivity index (χ0v) is 20.7. The maximum atomic E-state index is 12.4. The molecule has 2 unspecified atom stereocenters. The van der Waals surface area contributed by atoms with Crippen molar-refractivity contribution in [2.75, 3.05) is 13.2 Å². The SMILES string of the molecule is CCCCCC(=O)OCC(COP(=O)(O)O[C@@H]1C[C@H](O)[C@@H](O)[C@H](O)[C@H]1O)OC(=O)CCCCC. The lowest BCUT2D eigenvalue weighted by Gasteiger charge is -2.38. The molecule has 200 valence electrons. The second-order valence-electron chi connectivity index (χ2n) is 8.39. The Labute approximate surface area is 199 Å². The quantitative estimate of drug-likeness (QED) is 0.112. The van der Waals surface area contributed by atoms with E-state index < -0.39 is 69.4 Å². The van der Waals surface area contributed by atoms with Crippen molar-refractivity contribution in [2.24, 2.45) is 0 Å². The minimum absolute atomic E-state index is 0.119. The van der Waals surface area contributed by atoms with Crippen LogP contribution in [0, 0.1) is 0 Å². The second-order valence-corrected chi connectivity index (χ2v) is 9.80. The highest BCUT2D eigenvalue weighted by molar-refractivity contribution is 7.47. The van der Waals surface area contributed by atoms with Gasteiger partial charge in [-0.05, 0) is 12.8 Å². The molecule has 34 heavy (non-hydrogen) atoms. The summed E-state index contributed by atoms with van der Waals surface area (Å²) in [5.41, 5.74) is 0. The lowest BCUT2D eigenvalue weighted by molar-refractivity contribution is -0.175. The number of unbranched alkanes of at least 4 members (excludes halogenated alkanes) is 4. The van der Waals surface area contributed by atoms with Crippen LogP contribution < -0.4 is 0 Å². The van der Waals surface area contributed by atoms with Crippen LogP contribution in [0.1, 0.15) is 71.6 Å². The molecule has 7 atom stereocenters. The standard InChI is InChI=1S/C21H39O12P/c1-3-5-7-9-17(23)30-12-14(32-18(24)10-8-6-4-2)13-31-34(28,29)33-16-11-15(22)19(25)21(27)20(16)26/h14-16,19-22,25-27H,3-13H2,1-2H3,(H,28,29)/t14?,15-,16+,19+,20-,21-/m0/s1. The van der Waals surface area contributed by atoms with E-state index in [4.69, 9.17) is 18.5 Å². The van der Waals surface area contributed by atoms with E-state index in [1.807, 2.05) is 13.8 Å².